The van der Waals surface area contributed by atoms with E-state index in [9.17, 15) is 9.18 Å². The Hall–Kier alpha value is -2.80. The van der Waals surface area contributed by atoms with Gasteiger partial charge < -0.3 is 14.5 Å². The standard InChI is InChI=1S/C20H19FN2O3S/c1-25-18-8-4-15(5-9-18)20-23-17(11-26-20)12-27-13-19(24)22-10-14-2-6-16(21)7-3-14/h2-9,11H,10,12-13H2,1H3,(H,22,24). The van der Waals surface area contributed by atoms with Gasteiger partial charge in [0.25, 0.3) is 0 Å². The van der Waals surface area contributed by atoms with Crippen molar-refractivity contribution in [1.82, 2.24) is 10.3 Å². The molecule has 0 aliphatic rings. The predicted molar refractivity (Wildman–Crippen MR) is 103 cm³/mol. The van der Waals surface area contributed by atoms with Crippen LogP contribution >= 0.6 is 11.8 Å². The van der Waals surface area contributed by atoms with E-state index in [0.717, 1.165) is 22.6 Å². The number of ether oxygens (including phenoxy) is 1. The molecular formula is C20H19FN2O3S. The zero-order chi connectivity index (χ0) is 19.1. The molecule has 7 heteroatoms. The van der Waals surface area contributed by atoms with Gasteiger partial charge in [-0.15, -0.1) is 11.8 Å². The third-order valence-electron chi connectivity index (χ3n) is 3.77. The summed E-state index contributed by atoms with van der Waals surface area (Å²) in [5.74, 6) is 1.82. The van der Waals surface area contributed by atoms with Crippen molar-refractivity contribution in [3.05, 3.63) is 71.9 Å². The molecule has 0 atom stereocenters. The molecule has 0 fully saturated rings. The van der Waals surface area contributed by atoms with Gasteiger partial charge in [-0.05, 0) is 42.0 Å². The predicted octanol–water partition coefficient (Wildman–Crippen LogP) is 4.04. The number of amides is 1. The zero-order valence-electron chi connectivity index (χ0n) is 14.8. The lowest BCUT2D eigenvalue weighted by molar-refractivity contribution is -0.118. The number of oxazole rings is 1. The Balaban J connectivity index is 1.43. The zero-order valence-corrected chi connectivity index (χ0v) is 15.6. The summed E-state index contributed by atoms with van der Waals surface area (Å²) in [5, 5.41) is 2.81. The average Bonchev–Trinajstić information content (AvgIpc) is 3.16. The average molecular weight is 386 g/mol. The Morgan fingerprint density at radius 2 is 1.93 bits per heavy atom. The molecule has 0 radical (unpaired) electrons. The van der Waals surface area contributed by atoms with Gasteiger partial charge >= 0.3 is 0 Å². The van der Waals surface area contributed by atoms with E-state index < -0.39 is 0 Å². The highest BCUT2D eigenvalue weighted by atomic mass is 32.2. The number of methoxy groups -OCH3 is 1. The maximum Gasteiger partial charge on any atom is 0.230 e. The molecule has 0 spiro atoms. The molecule has 1 aromatic heterocycles. The number of halogens is 1. The fourth-order valence-electron chi connectivity index (χ4n) is 2.34. The van der Waals surface area contributed by atoms with Crippen molar-refractivity contribution in [3.8, 4) is 17.2 Å². The van der Waals surface area contributed by atoms with E-state index >= 15 is 0 Å². The molecule has 5 nitrogen and oxygen atoms in total. The van der Waals surface area contributed by atoms with Gasteiger partial charge in [0.05, 0.1) is 18.6 Å². The molecule has 1 heterocycles. The van der Waals surface area contributed by atoms with Crippen molar-refractivity contribution in [2.75, 3.05) is 12.9 Å². The molecule has 0 aliphatic heterocycles. The molecule has 0 saturated heterocycles. The number of thioether (sulfide) groups is 1. The van der Waals surface area contributed by atoms with Crippen LogP contribution < -0.4 is 10.1 Å². The van der Waals surface area contributed by atoms with Crippen molar-refractivity contribution >= 4 is 17.7 Å². The topological polar surface area (TPSA) is 64.4 Å². The number of rotatable bonds is 8. The van der Waals surface area contributed by atoms with Crippen LogP contribution in [0.1, 0.15) is 11.3 Å². The number of carbonyl (C=O) groups excluding carboxylic acids is 1. The van der Waals surface area contributed by atoms with E-state index in [2.05, 4.69) is 10.3 Å². The van der Waals surface area contributed by atoms with Crippen LogP contribution in [0, 0.1) is 5.82 Å². The number of nitrogens with one attached hydrogen (secondary N) is 1. The highest BCUT2D eigenvalue weighted by Crippen LogP contribution is 2.23. The summed E-state index contributed by atoms with van der Waals surface area (Å²) in [4.78, 5) is 16.3. The Morgan fingerprint density at radius 3 is 2.63 bits per heavy atom. The first-order valence-electron chi connectivity index (χ1n) is 8.32. The second-order valence-electron chi connectivity index (χ2n) is 5.77. The lowest BCUT2D eigenvalue weighted by Crippen LogP contribution is -2.24. The van der Waals surface area contributed by atoms with Gasteiger partial charge in [0.2, 0.25) is 11.8 Å². The fraction of sp³-hybridized carbons (Fsp3) is 0.200. The van der Waals surface area contributed by atoms with Crippen LogP contribution in [0.15, 0.2) is 59.2 Å². The molecule has 0 saturated carbocycles. The van der Waals surface area contributed by atoms with Crippen LogP contribution in [-0.2, 0) is 17.1 Å². The summed E-state index contributed by atoms with van der Waals surface area (Å²) in [7, 11) is 1.62. The van der Waals surface area contributed by atoms with E-state index in [0.29, 0.717) is 23.9 Å². The van der Waals surface area contributed by atoms with E-state index in [1.54, 1.807) is 25.5 Å². The number of hydrogen-bond acceptors (Lipinski definition) is 5. The van der Waals surface area contributed by atoms with E-state index in [1.807, 2.05) is 24.3 Å². The third-order valence-corrected chi connectivity index (χ3v) is 4.74. The van der Waals surface area contributed by atoms with E-state index in [4.69, 9.17) is 9.15 Å². The number of aromatic nitrogens is 1. The largest absolute Gasteiger partial charge is 0.497 e. The molecule has 140 valence electrons. The molecule has 0 unspecified atom stereocenters. The molecule has 27 heavy (non-hydrogen) atoms. The minimum absolute atomic E-state index is 0.0804. The number of carbonyl (C=O) groups is 1. The minimum Gasteiger partial charge on any atom is -0.497 e. The van der Waals surface area contributed by atoms with Crippen LogP contribution in [0.4, 0.5) is 4.39 Å². The van der Waals surface area contributed by atoms with Crippen LogP contribution in [0.2, 0.25) is 0 Å². The number of nitrogens with zero attached hydrogens (tertiary/aromatic N) is 1. The first-order chi connectivity index (χ1) is 13.1. The molecule has 3 rings (SSSR count). The molecule has 3 aromatic rings. The summed E-state index contributed by atoms with van der Waals surface area (Å²) in [6.07, 6.45) is 1.60. The van der Waals surface area contributed by atoms with Crippen molar-refractivity contribution in [2.24, 2.45) is 0 Å². The van der Waals surface area contributed by atoms with Crippen LogP contribution in [0.3, 0.4) is 0 Å². The van der Waals surface area contributed by atoms with Crippen molar-refractivity contribution in [1.29, 1.82) is 0 Å². The first-order valence-corrected chi connectivity index (χ1v) is 9.47. The maximum absolute atomic E-state index is 12.8. The summed E-state index contributed by atoms with van der Waals surface area (Å²) in [6.45, 7) is 0.380. The molecule has 0 aliphatic carbocycles. The van der Waals surface area contributed by atoms with E-state index in [1.165, 1.54) is 23.9 Å². The Labute approximate surface area is 160 Å². The Morgan fingerprint density at radius 1 is 1.19 bits per heavy atom. The monoisotopic (exact) mass is 386 g/mol. The third kappa shape index (κ3) is 5.59. The van der Waals surface area contributed by atoms with Gasteiger partial charge in [-0.25, -0.2) is 9.37 Å². The second kappa shape index (κ2) is 9.23. The fourth-order valence-corrected chi connectivity index (χ4v) is 3.07. The van der Waals surface area contributed by atoms with Gasteiger partial charge in [0.1, 0.15) is 17.8 Å². The molecule has 1 N–H and O–H groups in total. The van der Waals surface area contributed by atoms with Gasteiger partial charge in [0, 0.05) is 17.9 Å². The summed E-state index contributed by atoms with van der Waals surface area (Å²) < 4.78 is 23.5. The van der Waals surface area contributed by atoms with Crippen LogP contribution in [-0.4, -0.2) is 23.8 Å². The second-order valence-corrected chi connectivity index (χ2v) is 6.75. The minimum atomic E-state index is -0.290. The van der Waals surface area contributed by atoms with Crippen LogP contribution in [0.5, 0.6) is 5.75 Å². The quantitative estimate of drug-likeness (QED) is 0.633. The smallest absolute Gasteiger partial charge is 0.230 e. The molecule has 0 bridgehead atoms. The number of benzene rings is 2. The molecular weight excluding hydrogens is 367 g/mol. The van der Waals surface area contributed by atoms with Gasteiger partial charge in [-0.3, -0.25) is 4.79 Å². The highest BCUT2D eigenvalue weighted by Gasteiger charge is 2.08. The first kappa shape index (κ1) is 19.0. The van der Waals surface area contributed by atoms with Crippen molar-refractivity contribution < 1.29 is 18.3 Å². The van der Waals surface area contributed by atoms with E-state index in [-0.39, 0.29) is 11.7 Å². The maximum atomic E-state index is 12.8. The van der Waals surface area contributed by atoms with Crippen molar-refractivity contribution in [2.45, 2.75) is 12.3 Å². The molecule has 1 amide bonds. The van der Waals surface area contributed by atoms with Crippen LogP contribution in [0.25, 0.3) is 11.5 Å². The summed E-state index contributed by atoms with van der Waals surface area (Å²) in [6, 6.07) is 13.5. The summed E-state index contributed by atoms with van der Waals surface area (Å²) >= 11 is 1.45. The van der Waals surface area contributed by atoms with Gasteiger partial charge in [-0.1, -0.05) is 12.1 Å². The Kier molecular flexibility index (Phi) is 6.49. The normalized spacial score (nSPS) is 10.6. The lowest BCUT2D eigenvalue weighted by atomic mass is 10.2. The van der Waals surface area contributed by atoms with Gasteiger partial charge in [0.15, 0.2) is 0 Å². The number of hydrogen-bond donors (Lipinski definition) is 1. The lowest BCUT2D eigenvalue weighted by Gasteiger charge is -2.04. The highest BCUT2D eigenvalue weighted by molar-refractivity contribution is 7.99. The SMILES string of the molecule is COc1ccc(-c2nc(CSCC(=O)NCc3ccc(F)cc3)co2)cc1. The van der Waals surface area contributed by atoms with Crippen molar-refractivity contribution in [3.63, 3.8) is 0 Å². The summed E-state index contributed by atoms with van der Waals surface area (Å²) in [5.41, 5.74) is 2.50. The Bertz CT molecular complexity index is 879. The molecule has 2 aromatic carbocycles. The van der Waals surface area contributed by atoms with Gasteiger partial charge in [-0.2, -0.15) is 0 Å².